The van der Waals surface area contributed by atoms with Crippen LogP contribution in [-0.2, 0) is 14.3 Å². The molecule has 0 aromatic carbocycles. The van der Waals surface area contributed by atoms with E-state index in [1.165, 1.54) is 0 Å². The lowest BCUT2D eigenvalue weighted by Gasteiger charge is -2.56. The molecule has 0 bridgehead atoms. The van der Waals surface area contributed by atoms with Crippen LogP contribution in [0.1, 0.15) is 52.9 Å². The maximum Gasteiger partial charge on any atom is 0.148 e. The second-order valence-electron chi connectivity index (χ2n) is 8.52. The minimum absolute atomic E-state index is 0.138. The molecule has 2 saturated carbocycles. The normalized spacial score (nSPS) is 45.9. The average molecular weight is 349 g/mol. The zero-order chi connectivity index (χ0) is 18.2. The summed E-state index contributed by atoms with van der Waals surface area (Å²) in [5.41, 5.74) is 1.62. The molecule has 1 saturated heterocycles. The van der Waals surface area contributed by atoms with Crippen LogP contribution in [0, 0.1) is 23.2 Å². The third-order valence-electron chi connectivity index (χ3n) is 7.36. The fourth-order valence-electron chi connectivity index (χ4n) is 5.97. The minimum Gasteiger partial charge on any atom is -0.411 e. The van der Waals surface area contributed by atoms with Crippen molar-refractivity contribution in [3.63, 3.8) is 0 Å². The van der Waals surface area contributed by atoms with Crippen LogP contribution in [0.5, 0.6) is 0 Å². The van der Waals surface area contributed by atoms with Gasteiger partial charge in [-0.05, 0) is 62.4 Å². The van der Waals surface area contributed by atoms with E-state index < -0.39 is 0 Å². The SMILES string of the molecule is COC/C=C(\C=O)[C@@H]1C[C@@H]2C(C)(CCC3[C@@H](C)/C(=N/O)CCC32C)O1. The number of ether oxygens (including phenoxy) is 2. The monoisotopic (exact) mass is 349 g/mol. The van der Waals surface area contributed by atoms with Crippen LogP contribution >= 0.6 is 0 Å². The minimum atomic E-state index is -0.182. The van der Waals surface area contributed by atoms with E-state index in [4.69, 9.17) is 9.47 Å². The molecule has 1 heterocycles. The van der Waals surface area contributed by atoms with Gasteiger partial charge in [0.1, 0.15) is 6.29 Å². The summed E-state index contributed by atoms with van der Waals surface area (Å²) in [6.07, 6.45) is 7.46. The largest absolute Gasteiger partial charge is 0.411 e. The third kappa shape index (κ3) is 2.95. The second-order valence-corrected chi connectivity index (χ2v) is 8.52. The molecule has 0 spiro atoms. The first-order valence-electron chi connectivity index (χ1n) is 9.42. The van der Waals surface area contributed by atoms with Crippen molar-refractivity contribution in [2.45, 2.75) is 64.6 Å². The Balaban J connectivity index is 1.88. The Hall–Kier alpha value is -1.20. The van der Waals surface area contributed by atoms with E-state index in [0.717, 1.165) is 44.1 Å². The van der Waals surface area contributed by atoms with Crippen LogP contribution in [0.3, 0.4) is 0 Å². The van der Waals surface area contributed by atoms with Crippen molar-refractivity contribution in [1.82, 2.24) is 0 Å². The van der Waals surface area contributed by atoms with Crippen LogP contribution in [0.2, 0.25) is 0 Å². The number of oxime groups is 1. The Morgan fingerprint density at radius 2 is 2.20 bits per heavy atom. The smallest absolute Gasteiger partial charge is 0.148 e. The van der Waals surface area contributed by atoms with Crippen LogP contribution in [0.25, 0.3) is 0 Å². The number of nitrogens with zero attached hydrogens (tertiary/aromatic N) is 1. The first kappa shape index (κ1) is 18.6. The molecule has 25 heavy (non-hydrogen) atoms. The summed E-state index contributed by atoms with van der Waals surface area (Å²) < 4.78 is 11.6. The van der Waals surface area contributed by atoms with Gasteiger partial charge < -0.3 is 14.7 Å². The molecule has 3 fully saturated rings. The van der Waals surface area contributed by atoms with Gasteiger partial charge in [-0.2, -0.15) is 0 Å². The Morgan fingerprint density at radius 3 is 2.84 bits per heavy atom. The molecule has 5 heteroatoms. The van der Waals surface area contributed by atoms with E-state index >= 15 is 0 Å². The van der Waals surface area contributed by atoms with Crippen molar-refractivity contribution in [3.05, 3.63) is 11.6 Å². The van der Waals surface area contributed by atoms with Crippen molar-refractivity contribution in [2.24, 2.45) is 28.3 Å². The molecule has 6 atom stereocenters. The number of aldehydes is 1. The topological polar surface area (TPSA) is 68.1 Å². The second kappa shape index (κ2) is 6.84. The van der Waals surface area contributed by atoms with Gasteiger partial charge >= 0.3 is 0 Å². The van der Waals surface area contributed by atoms with Gasteiger partial charge in [-0.25, -0.2) is 0 Å². The summed E-state index contributed by atoms with van der Waals surface area (Å²) in [5.74, 6) is 1.23. The lowest BCUT2D eigenvalue weighted by atomic mass is 9.49. The molecule has 0 aromatic rings. The lowest BCUT2D eigenvalue weighted by Crippen LogP contribution is -2.55. The number of rotatable bonds is 4. The van der Waals surface area contributed by atoms with Crippen LogP contribution in [0.15, 0.2) is 16.8 Å². The number of hydrogen-bond acceptors (Lipinski definition) is 5. The van der Waals surface area contributed by atoms with Crippen molar-refractivity contribution in [2.75, 3.05) is 13.7 Å². The Labute approximate surface area is 150 Å². The quantitative estimate of drug-likeness (QED) is 0.364. The summed E-state index contributed by atoms with van der Waals surface area (Å²) in [5, 5.41) is 12.9. The van der Waals surface area contributed by atoms with Crippen LogP contribution in [-0.4, -0.2) is 42.6 Å². The van der Waals surface area contributed by atoms with Crippen molar-refractivity contribution < 1.29 is 19.5 Å². The fourth-order valence-corrected chi connectivity index (χ4v) is 5.97. The Kier molecular flexibility index (Phi) is 5.09. The molecular weight excluding hydrogens is 318 g/mol. The predicted octanol–water partition coefficient (Wildman–Crippen LogP) is 3.60. The molecule has 140 valence electrons. The zero-order valence-corrected chi connectivity index (χ0v) is 15.8. The number of hydrogen-bond donors (Lipinski definition) is 1. The number of methoxy groups -OCH3 is 1. The summed E-state index contributed by atoms with van der Waals surface area (Å²) in [7, 11) is 1.63. The molecular formula is C20H31NO4. The van der Waals surface area contributed by atoms with E-state index in [2.05, 4.69) is 25.9 Å². The summed E-state index contributed by atoms with van der Waals surface area (Å²) >= 11 is 0. The fraction of sp³-hybridized carbons (Fsp3) is 0.800. The first-order chi connectivity index (χ1) is 11.9. The van der Waals surface area contributed by atoms with E-state index in [-0.39, 0.29) is 17.1 Å². The van der Waals surface area contributed by atoms with Gasteiger partial charge in [-0.15, -0.1) is 0 Å². The molecule has 5 nitrogen and oxygen atoms in total. The molecule has 3 aliphatic rings. The van der Waals surface area contributed by atoms with Crippen molar-refractivity contribution in [1.29, 1.82) is 0 Å². The van der Waals surface area contributed by atoms with Gasteiger partial charge in [0.2, 0.25) is 0 Å². The van der Waals surface area contributed by atoms with E-state index in [9.17, 15) is 10.0 Å². The Bertz CT molecular complexity index is 586. The molecule has 2 aliphatic carbocycles. The highest BCUT2D eigenvalue weighted by molar-refractivity contribution is 5.87. The first-order valence-corrected chi connectivity index (χ1v) is 9.42. The Morgan fingerprint density at radius 1 is 1.44 bits per heavy atom. The number of fused-ring (bicyclic) bond motifs is 3. The molecule has 1 aliphatic heterocycles. The van der Waals surface area contributed by atoms with Gasteiger partial charge in [-0.3, -0.25) is 4.79 Å². The van der Waals surface area contributed by atoms with Gasteiger partial charge in [0.05, 0.1) is 24.0 Å². The standard InChI is InChI=1S/C20H31NO4/c1-13-15-5-9-20(3)18(19(15,2)8-6-16(13)21-23)11-17(25-20)14(12-22)7-10-24-4/h7,12-13,15,17-18,23H,5-6,8-11H2,1-4H3/b14-7+,21-16+/t13-,15?,17+,18+,19?,20?/m1/s1. The lowest BCUT2D eigenvalue weighted by molar-refractivity contribution is -0.124. The van der Waals surface area contributed by atoms with Gasteiger partial charge in [0.25, 0.3) is 0 Å². The zero-order valence-electron chi connectivity index (χ0n) is 15.8. The van der Waals surface area contributed by atoms with Crippen LogP contribution < -0.4 is 0 Å². The molecule has 3 rings (SSSR count). The number of carbonyl (C=O) groups is 1. The molecule has 0 aromatic heterocycles. The summed E-state index contributed by atoms with van der Waals surface area (Å²) in [4.78, 5) is 11.6. The van der Waals surface area contributed by atoms with Crippen LogP contribution in [0.4, 0.5) is 0 Å². The van der Waals surface area contributed by atoms with E-state index in [1.54, 1.807) is 7.11 Å². The van der Waals surface area contributed by atoms with Crippen molar-refractivity contribution in [3.8, 4) is 0 Å². The number of carbonyl (C=O) groups excluding carboxylic acids is 1. The van der Waals surface area contributed by atoms with Gasteiger partial charge in [0, 0.05) is 18.6 Å². The van der Waals surface area contributed by atoms with Gasteiger partial charge in [-0.1, -0.05) is 19.0 Å². The average Bonchev–Trinajstić information content (AvgIpc) is 2.95. The van der Waals surface area contributed by atoms with Crippen molar-refractivity contribution >= 4 is 12.0 Å². The molecule has 1 N–H and O–H groups in total. The maximum atomic E-state index is 11.6. The van der Waals surface area contributed by atoms with Gasteiger partial charge in [0.15, 0.2) is 0 Å². The highest BCUT2D eigenvalue weighted by Gasteiger charge is 2.61. The predicted molar refractivity (Wildman–Crippen MR) is 95.9 cm³/mol. The highest BCUT2D eigenvalue weighted by atomic mass is 16.5. The van der Waals surface area contributed by atoms with E-state index in [0.29, 0.717) is 29.9 Å². The highest BCUT2D eigenvalue weighted by Crippen LogP contribution is 2.62. The van der Waals surface area contributed by atoms with E-state index in [1.807, 2.05) is 6.08 Å². The summed E-state index contributed by atoms with van der Waals surface area (Å²) in [6, 6.07) is 0. The molecule has 0 amide bonds. The molecule has 0 radical (unpaired) electrons. The summed E-state index contributed by atoms with van der Waals surface area (Å²) in [6.45, 7) is 7.23. The maximum absolute atomic E-state index is 11.6. The molecule has 3 unspecified atom stereocenters. The third-order valence-corrected chi connectivity index (χ3v) is 7.36.